The molecular weight excluding hydrogens is 266 g/mol. The molecular formula is C16H19N3O2. The summed E-state index contributed by atoms with van der Waals surface area (Å²) >= 11 is 0. The minimum atomic E-state index is -1.06. The maximum absolute atomic E-state index is 11.2. The summed E-state index contributed by atoms with van der Waals surface area (Å²) < 4.78 is 1.64. The van der Waals surface area contributed by atoms with Crippen LogP contribution in [0.15, 0.2) is 24.3 Å². The number of hydrogen-bond acceptors (Lipinski definition) is 3. The lowest BCUT2D eigenvalue weighted by Gasteiger charge is -2.06. The third-order valence-corrected chi connectivity index (χ3v) is 3.03. The van der Waals surface area contributed by atoms with Gasteiger partial charge >= 0.3 is 5.97 Å². The fraction of sp³-hybridized carbons (Fsp3) is 0.312. The predicted octanol–water partition coefficient (Wildman–Crippen LogP) is 3.11. The molecule has 0 spiro atoms. The Bertz CT molecular complexity index is 655. The van der Waals surface area contributed by atoms with Gasteiger partial charge in [-0.2, -0.15) is 0 Å². The minimum Gasteiger partial charge on any atom is -0.476 e. The average molecular weight is 285 g/mol. The largest absolute Gasteiger partial charge is 0.476 e. The summed E-state index contributed by atoms with van der Waals surface area (Å²) in [6.07, 6.45) is 3.64. The normalized spacial score (nSPS) is 11.4. The van der Waals surface area contributed by atoms with Crippen molar-refractivity contribution in [3.8, 4) is 0 Å². The molecule has 0 amide bonds. The molecule has 0 saturated heterocycles. The smallest absolute Gasteiger partial charge is 0.358 e. The molecule has 5 heteroatoms. The zero-order valence-corrected chi connectivity index (χ0v) is 12.4. The first-order chi connectivity index (χ1) is 9.97. The van der Waals surface area contributed by atoms with E-state index in [1.54, 1.807) is 10.8 Å². The van der Waals surface area contributed by atoms with Crippen molar-refractivity contribution in [2.45, 2.75) is 27.3 Å². The van der Waals surface area contributed by atoms with E-state index in [0.717, 1.165) is 5.56 Å². The number of nitrogens with zero attached hydrogens (tertiary/aromatic N) is 3. The van der Waals surface area contributed by atoms with Gasteiger partial charge in [-0.25, -0.2) is 9.48 Å². The third-order valence-electron chi connectivity index (χ3n) is 3.03. The van der Waals surface area contributed by atoms with Crippen molar-refractivity contribution < 1.29 is 9.90 Å². The van der Waals surface area contributed by atoms with E-state index in [1.165, 1.54) is 5.56 Å². The summed E-state index contributed by atoms with van der Waals surface area (Å²) in [5.41, 5.74) is 2.70. The Morgan fingerprint density at radius 2 is 1.95 bits per heavy atom. The number of aromatic carboxylic acids is 1. The Hall–Kier alpha value is -2.43. The zero-order valence-electron chi connectivity index (χ0n) is 12.4. The van der Waals surface area contributed by atoms with Crippen molar-refractivity contribution in [3.05, 3.63) is 46.8 Å². The number of carbonyl (C=O) groups is 1. The number of carboxylic acid groups (broad SMARTS) is 1. The molecule has 0 unspecified atom stereocenters. The van der Waals surface area contributed by atoms with Crippen molar-refractivity contribution in [1.29, 1.82) is 0 Å². The molecule has 0 aliphatic rings. The molecule has 2 rings (SSSR count). The van der Waals surface area contributed by atoms with E-state index in [9.17, 15) is 9.90 Å². The molecule has 1 heterocycles. The van der Waals surface area contributed by atoms with Gasteiger partial charge in [0.05, 0.1) is 5.69 Å². The second-order valence-electron chi connectivity index (χ2n) is 5.45. The van der Waals surface area contributed by atoms with Gasteiger partial charge < -0.3 is 5.11 Å². The van der Waals surface area contributed by atoms with Crippen LogP contribution in [-0.2, 0) is 6.54 Å². The number of benzene rings is 1. The van der Waals surface area contributed by atoms with E-state index < -0.39 is 5.97 Å². The van der Waals surface area contributed by atoms with Crippen LogP contribution >= 0.6 is 0 Å². The predicted molar refractivity (Wildman–Crippen MR) is 81.9 cm³/mol. The highest BCUT2D eigenvalue weighted by Gasteiger charge is 2.17. The molecule has 0 radical (unpaired) electrons. The molecule has 2 aromatic rings. The molecule has 0 atom stereocenters. The lowest BCUT2D eigenvalue weighted by atomic mass is 10.1. The van der Waals surface area contributed by atoms with Crippen LogP contribution in [0.25, 0.3) is 12.2 Å². The number of aromatic nitrogens is 3. The highest BCUT2D eigenvalue weighted by atomic mass is 16.4. The van der Waals surface area contributed by atoms with Gasteiger partial charge in [-0.15, -0.1) is 5.10 Å². The molecule has 0 fully saturated rings. The van der Waals surface area contributed by atoms with E-state index in [2.05, 4.69) is 24.2 Å². The molecule has 21 heavy (non-hydrogen) atoms. The Labute approximate surface area is 123 Å². The van der Waals surface area contributed by atoms with Crippen molar-refractivity contribution in [3.63, 3.8) is 0 Å². The van der Waals surface area contributed by atoms with Crippen molar-refractivity contribution in [2.24, 2.45) is 5.92 Å². The van der Waals surface area contributed by atoms with Crippen LogP contribution in [-0.4, -0.2) is 26.1 Å². The van der Waals surface area contributed by atoms with E-state index in [0.29, 0.717) is 18.2 Å². The van der Waals surface area contributed by atoms with Gasteiger partial charge in [-0.1, -0.05) is 55.0 Å². The minimum absolute atomic E-state index is 0.0148. The molecule has 1 aromatic carbocycles. The van der Waals surface area contributed by atoms with Crippen LogP contribution in [0.4, 0.5) is 0 Å². The van der Waals surface area contributed by atoms with Crippen LogP contribution in [0.1, 0.15) is 41.2 Å². The van der Waals surface area contributed by atoms with Crippen LogP contribution in [0.2, 0.25) is 0 Å². The maximum Gasteiger partial charge on any atom is 0.358 e. The van der Waals surface area contributed by atoms with E-state index in [1.807, 2.05) is 37.3 Å². The molecule has 0 bridgehead atoms. The molecule has 0 aliphatic carbocycles. The van der Waals surface area contributed by atoms with Gasteiger partial charge in [0.1, 0.15) is 0 Å². The Kier molecular flexibility index (Phi) is 4.52. The van der Waals surface area contributed by atoms with Crippen molar-refractivity contribution in [1.82, 2.24) is 15.0 Å². The van der Waals surface area contributed by atoms with Crippen LogP contribution in [0.5, 0.6) is 0 Å². The molecule has 1 aromatic heterocycles. The summed E-state index contributed by atoms with van der Waals surface area (Å²) in [4.78, 5) is 11.2. The zero-order chi connectivity index (χ0) is 15.4. The van der Waals surface area contributed by atoms with E-state index in [4.69, 9.17) is 0 Å². The summed E-state index contributed by atoms with van der Waals surface area (Å²) in [6.45, 7) is 6.76. The Balaban J connectivity index is 2.34. The lowest BCUT2D eigenvalue weighted by Crippen LogP contribution is -2.09. The van der Waals surface area contributed by atoms with Gasteiger partial charge in [-0.05, 0) is 24.5 Å². The Morgan fingerprint density at radius 1 is 1.29 bits per heavy atom. The number of hydrogen-bond donors (Lipinski definition) is 1. The van der Waals surface area contributed by atoms with Crippen LogP contribution < -0.4 is 0 Å². The molecule has 110 valence electrons. The Morgan fingerprint density at radius 3 is 2.52 bits per heavy atom. The second kappa shape index (κ2) is 6.35. The lowest BCUT2D eigenvalue weighted by molar-refractivity contribution is 0.0690. The van der Waals surface area contributed by atoms with Gasteiger partial charge in [0, 0.05) is 6.54 Å². The topological polar surface area (TPSA) is 68.0 Å². The third kappa shape index (κ3) is 3.78. The number of carboxylic acids is 1. The number of aryl methyl sites for hydroxylation is 1. The standard InChI is InChI=1S/C16H19N3O2/c1-11(2)10-19-14(15(16(20)21)17-18-19)9-8-13-6-4-12(3)5-7-13/h4-9,11H,10H2,1-3H3,(H,20,21)/b9-8+. The monoisotopic (exact) mass is 285 g/mol. The van der Waals surface area contributed by atoms with E-state index in [-0.39, 0.29) is 5.69 Å². The van der Waals surface area contributed by atoms with E-state index >= 15 is 0 Å². The average Bonchev–Trinajstić information content (AvgIpc) is 2.80. The molecule has 0 aliphatic heterocycles. The first-order valence-electron chi connectivity index (χ1n) is 6.89. The molecule has 1 N–H and O–H groups in total. The molecule has 0 saturated carbocycles. The van der Waals surface area contributed by atoms with Gasteiger partial charge in [0.2, 0.25) is 0 Å². The van der Waals surface area contributed by atoms with Crippen LogP contribution in [0, 0.1) is 12.8 Å². The first kappa shape index (κ1) is 15.0. The quantitative estimate of drug-likeness (QED) is 0.916. The first-order valence-corrected chi connectivity index (χ1v) is 6.89. The van der Waals surface area contributed by atoms with Gasteiger partial charge in [0.25, 0.3) is 0 Å². The van der Waals surface area contributed by atoms with Crippen LogP contribution in [0.3, 0.4) is 0 Å². The second-order valence-corrected chi connectivity index (χ2v) is 5.45. The molecule has 5 nitrogen and oxygen atoms in total. The summed E-state index contributed by atoms with van der Waals surface area (Å²) in [5, 5.41) is 16.9. The van der Waals surface area contributed by atoms with Crippen molar-refractivity contribution in [2.75, 3.05) is 0 Å². The van der Waals surface area contributed by atoms with Crippen molar-refractivity contribution >= 4 is 18.1 Å². The van der Waals surface area contributed by atoms with Gasteiger partial charge in [-0.3, -0.25) is 0 Å². The maximum atomic E-state index is 11.2. The summed E-state index contributed by atoms with van der Waals surface area (Å²) in [6, 6.07) is 8.01. The highest BCUT2D eigenvalue weighted by Crippen LogP contribution is 2.14. The van der Waals surface area contributed by atoms with Gasteiger partial charge in [0.15, 0.2) is 5.69 Å². The highest BCUT2D eigenvalue weighted by molar-refractivity contribution is 5.90. The number of rotatable bonds is 5. The SMILES string of the molecule is Cc1ccc(/C=C/c2c(C(=O)O)nnn2CC(C)C)cc1. The summed E-state index contributed by atoms with van der Waals surface area (Å²) in [5.74, 6) is -0.701. The fourth-order valence-corrected chi connectivity index (χ4v) is 1.97. The fourth-order valence-electron chi connectivity index (χ4n) is 1.97. The summed E-state index contributed by atoms with van der Waals surface area (Å²) in [7, 11) is 0.